The van der Waals surface area contributed by atoms with Crippen LogP contribution in [0, 0.1) is 12.7 Å². The number of benzene rings is 1. The molecule has 20 heavy (non-hydrogen) atoms. The van der Waals surface area contributed by atoms with Crippen LogP contribution in [0.4, 0.5) is 10.1 Å². The van der Waals surface area contributed by atoms with Gasteiger partial charge in [-0.1, -0.05) is 0 Å². The van der Waals surface area contributed by atoms with Crippen LogP contribution in [0.2, 0.25) is 0 Å². The quantitative estimate of drug-likeness (QED) is 0.801. The van der Waals surface area contributed by atoms with E-state index in [4.69, 9.17) is 0 Å². The molecule has 0 aliphatic heterocycles. The third kappa shape index (κ3) is 2.89. The van der Waals surface area contributed by atoms with E-state index in [1.54, 1.807) is 19.9 Å². The maximum atomic E-state index is 13.0. The van der Waals surface area contributed by atoms with Gasteiger partial charge in [0.15, 0.2) is 0 Å². The highest BCUT2D eigenvalue weighted by Gasteiger charge is 2.26. The van der Waals surface area contributed by atoms with E-state index in [0.29, 0.717) is 5.69 Å². The van der Waals surface area contributed by atoms with E-state index in [-0.39, 0.29) is 11.4 Å². The Kier molecular flexibility index (Phi) is 4.51. The Hall–Kier alpha value is -0.920. The first-order valence-electron chi connectivity index (χ1n) is 5.90. The number of aryl methyl sites for hydroxylation is 1. The molecule has 0 amide bonds. The molecule has 0 spiro atoms. The monoisotopic (exact) mass is 377 g/mol. The Balaban J connectivity index is 2.50. The molecule has 2 rings (SSSR count). The Labute approximate surface area is 130 Å². The number of nitrogens with zero attached hydrogens (tertiary/aromatic N) is 1. The summed E-state index contributed by atoms with van der Waals surface area (Å²) < 4.78 is 40.4. The second-order valence-corrected chi connectivity index (χ2v) is 8.58. The van der Waals surface area contributed by atoms with Crippen LogP contribution in [0.1, 0.15) is 11.8 Å². The Bertz CT molecular complexity index is 710. The lowest BCUT2D eigenvalue weighted by atomic mass is 10.3. The molecule has 0 saturated heterocycles. The zero-order chi connectivity index (χ0) is 14.9. The minimum atomic E-state index is -3.64. The van der Waals surface area contributed by atoms with E-state index >= 15 is 0 Å². The summed E-state index contributed by atoms with van der Waals surface area (Å²) in [6.07, 6.45) is 0. The summed E-state index contributed by atoms with van der Waals surface area (Å²) in [5.41, 5.74) is 0.454. The van der Waals surface area contributed by atoms with Gasteiger partial charge in [0.2, 0.25) is 0 Å². The van der Waals surface area contributed by atoms with Crippen molar-refractivity contribution in [2.45, 2.75) is 18.7 Å². The van der Waals surface area contributed by atoms with Crippen molar-refractivity contribution in [2.75, 3.05) is 10.8 Å². The average Bonchev–Trinajstić information content (AvgIpc) is 2.72. The van der Waals surface area contributed by atoms with E-state index in [1.165, 1.54) is 39.9 Å². The van der Waals surface area contributed by atoms with Crippen molar-refractivity contribution in [3.8, 4) is 0 Å². The van der Waals surface area contributed by atoms with Crippen LogP contribution >= 0.6 is 27.3 Å². The number of rotatable bonds is 4. The molecule has 0 aliphatic carbocycles. The van der Waals surface area contributed by atoms with Gasteiger partial charge >= 0.3 is 0 Å². The van der Waals surface area contributed by atoms with E-state index in [2.05, 4.69) is 15.9 Å². The first kappa shape index (κ1) is 15.5. The average molecular weight is 378 g/mol. The van der Waals surface area contributed by atoms with Crippen molar-refractivity contribution in [1.29, 1.82) is 0 Å². The molecule has 108 valence electrons. The summed E-state index contributed by atoms with van der Waals surface area (Å²) in [5, 5.41) is 0. The lowest BCUT2D eigenvalue weighted by Crippen LogP contribution is -2.30. The van der Waals surface area contributed by atoms with Crippen LogP contribution in [0.5, 0.6) is 0 Å². The topological polar surface area (TPSA) is 37.4 Å². The minimum Gasteiger partial charge on any atom is -0.267 e. The second kappa shape index (κ2) is 5.83. The van der Waals surface area contributed by atoms with Crippen LogP contribution in [0.3, 0.4) is 0 Å². The molecule has 0 radical (unpaired) electrons. The molecular weight excluding hydrogens is 365 g/mol. The zero-order valence-corrected chi connectivity index (χ0v) is 14.1. The molecule has 0 atom stereocenters. The Morgan fingerprint density at radius 3 is 2.35 bits per heavy atom. The van der Waals surface area contributed by atoms with E-state index in [0.717, 1.165) is 8.66 Å². The van der Waals surface area contributed by atoms with Gasteiger partial charge in [0.05, 0.1) is 9.47 Å². The fraction of sp³-hybridized carbons (Fsp3) is 0.231. The molecule has 0 bridgehead atoms. The van der Waals surface area contributed by atoms with Crippen LogP contribution in [0.15, 0.2) is 39.0 Å². The van der Waals surface area contributed by atoms with Gasteiger partial charge in [0, 0.05) is 11.4 Å². The largest absolute Gasteiger partial charge is 0.267 e. The van der Waals surface area contributed by atoms with Gasteiger partial charge in [0.1, 0.15) is 10.7 Å². The van der Waals surface area contributed by atoms with Crippen molar-refractivity contribution >= 4 is 43.0 Å². The summed E-state index contributed by atoms with van der Waals surface area (Å²) in [7, 11) is -3.64. The molecular formula is C13H13BrFNO2S2. The van der Waals surface area contributed by atoms with Crippen molar-refractivity contribution < 1.29 is 12.8 Å². The molecule has 1 aromatic carbocycles. The highest BCUT2D eigenvalue weighted by atomic mass is 79.9. The van der Waals surface area contributed by atoms with Crippen LogP contribution < -0.4 is 4.31 Å². The normalized spacial score (nSPS) is 11.6. The predicted octanol–water partition coefficient (Wildman–Crippen LogP) is 4.17. The molecule has 1 heterocycles. The SMILES string of the molecule is CCN(c1ccc(F)cc1)S(=O)(=O)c1cc(Br)sc1C. The summed E-state index contributed by atoms with van der Waals surface area (Å²) in [4.78, 5) is 0.998. The van der Waals surface area contributed by atoms with Crippen molar-refractivity contribution in [3.05, 3.63) is 44.8 Å². The third-order valence-corrected chi connectivity index (χ3v) is 6.52. The number of halogens is 2. The molecule has 3 nitrogen and oxygen atoms in total. The second-order valence-electron chi connectivity index (χ2n) is 4.12. The Morgan fingerprint density at radius 1 is 1.30 bits per heavy atom. The van der Waals surface area contributed by atoms with Crippen LogP contribution in [-0.2, 0) is 10.0 Å². The fourth-order valence-electron chi connectivity index (χ4n) is 1.90. The number of hydrogen-bond donors (Lipinski definition) is 0. The maximum absolute atomic E-state index is 13.0. The van der Waals surface area contributed by atoms with Gasteiger partial charge in [-0.3, -0.25) is 4.31 Å². The fourth-order valence-corrected chi connectivity index (χ4v) is 5.76. The molecule has 0 N–H and O–H groups in total. The maximum Gasteiger partial charge on any atom is 0.265 e. The van der Waals surface area contributed by atoms with Gasteiger partial charge in [-0.2, -0.15) is 0 Å². The smallest absolute Gasteiger partial charge is 0.265 e. The van der Waals surface area contributed by atoms with E-state index in [1.807, 2.05) is 0 Å². The number of sulfonamides is 1. The van der Waals surface area contributed by atoms with Crippen molar-refractivity contribution in [3.63, 3.8) is 0 Å². The van der Waals surface area contributed by atoms with Crippen LogP contribution in [0.25, 0.3) is 0 Å². The lowest BCUT2D eigenvalue weighted by molar-refractivity contribution is 0.591. The van der Waals surface area contributed by atoms with Gasteiger partial charge in [0.25, 0.3) is 10.0 Å². The molecule has 0 fully saturated rings. The highest BCUT2D eigenvalue weighted by Crippen LogP contribution is 2.33. The van der Waals surface area contributed by atoms with E-state index < -0.39 is 15.8 Å². The summed E-state index contributed by atoms with van der Waals surface area (Å²) >= 11 is 4.67. The van der Waals surface area contributed by atoms with Gasteiger partial charge in [-0.05, 0) is 60.1 Å². The summed E-state index contributed by atoms with van der Waals surface area (Å²) in [5.74, 6) is -0.392. The minimum absolute atomic E-state index is 0.278. The van der Waals surface area contributed by atoms with E-state index in [9.17, 15) is 12.8 Å². The molecule has 0 unspecified atom stereocenters. The molecule has 2 aromatic rings. The van der Waals surface area contributed by atoms with Gasteiger partial charge in [-0.15, -0.1) is 11.3 Å². The third-order valence-electron chi connectivity index (χ3n) is 2.81. The molecule has 0 saturated carbocycles. The number of anilines is 1. The van der Waals surface area contributed by atoms with Gasteiger partial charge in [-0.25, -0.2) is 12.8 Å². The molecule has 7 heteroatoms. The first-order valence-corrected chi connectivity index (χ1v) is 8.95. The lowest BCUT2D eigenvalue weighted by Gasteiger charge is -2.22. The number of thiophene rings is 1. The standard InChI is InChI=1S/C13H13BrFNO2S2/c1-3-16(11-6-4-10(15)5-7-11)20(17,18)12-8-13(14)19-9(12)2/h4-8H,3H2,1-2H3. The molecule has 0 aliphatic rings. The van der Waals surface area contributed by atoms with Gasteiger partial charge < -0.3 is 0 Å². The number of hydrogen-bond acceptors (Lipinski definition) is 3. The van der Waals surface area contributed by atoms with Crippen molar-refractivity contribution in [1.82, 2.24) is 0 Å². The van der Waals surface area contributed by atoms with Crippen molar-refractivity contribution in [2.24, 2.45) is 0 Å². The predicted molar refractivity (Wildman–Crippen MR) is 83.4 cm³/mol. The summed E-state index contributed by atoms with van der Waals surface area (Å²) in [6.45, 7) is 3.79. The zero-order valence-electron chi connectivity index (χ0n) is 10.9. The highest BCUT2D eigenvalue weighted by molar-refractivity contribution is 9.11. The van der Waals surface area contributed by atoms with Crippen LogP contribution in [-0.4, -0.2) is 15.0 Å². The Morgan fingerprint density at radius 2 is 1.90 bits per heavy atom. The first-order chi connectivity index (χ1) is 9.36. The molecule has 1 aromatic heterocycles. The summed E-state index contributed by atoms with van der Waals surface area (Å²) in [6, 6.07) is 7.04.